The molecule has 1 fully saturated rings. The highest BCUT2D eigenvalue weighted by molar-refractivity contribution is 5.25. The number of rotatable bonds is 2. The minimum Gasteiger partial charge on any atom is -0.326 e. The van der Waals surface area contributed by atoms with Gasteiger partial charge in [0.25, 0.3) is 0 Å². The molecule has 5 heteroatoms. The Morgan fingerprint density at radius 2 is 1.88 bits per heavy atom. The average molecular weight is 244 g/mol. The number of benzene rings is 1. The Labute approximate surface area is 98.2 Å². The number of likely N-dealkylation sites (tertiary alicyclic amines) is 1. The third-order valence-corrected chi connectivity index (χ3v) is 3.30. The zero-order valence-corrected chi connectivity index (χ0v) is 9.59. The first-order valence-electron chi connectivity index (χ1n) is 5.68. The van der Waals surface area contributed by atoms with Gasteiger partial charge >= 0.3 is 0 Å². The Balaban J connectivity index is 2.39. The summed E-state index contributed by atoms with van der Waals surface area (Å²) in [6.45, 7) is 3.50. The van der Waals surface area contributed by atoms with Gasteiger partial charge in [-0.25, -0.2) is 13.2 Å². The smallest absolute Gasteiger partial charge is 0.194 e. The van der Waals surface area contributed by atoms with Crippen LogP contribution >= 0.6 is 0 Å². The number of nitrogens with zero attached hydrogens (tertiary/aromatic N) is 1. The summed E-state index contributed by atoms with van der Waals surface area (Å²) >= 11 is 0. The third kappa shape index (κ3) is 2.17. The molecule has 17 heavy (non-hydrogen) atoms. The molecule has 1 heterocycles. The Hall–Kier alpha value is -1.07. The molecule has 94 valence electrons. The van der Waals surface area contributed by atoms with E-state index in [9.17, 15) is 13.2 Å². The van der Waals surface area contributed by atoms with Crippen molar-refractivity contribution in [2.24, 2.45) is 5.73 Å². The van der Waals surface area contributed by atoms with Crippen LogP contribution in [0.15, 0.2) is 12.1 Å². The molecular formula is C12H15F3N2. The third-order valence-electron chi connectivity index (χ3n) is 3.30. The molecule has 2 nitrogen and oxygen atoms in total. The van der Waals surface area contributed by atoms with Crippen molar-refractivity contribution < 1.29 is 13.2 Å². The molecular weight excluding hydrogens is 229 g/mol. The molecule has 1 aliphatic rings. The predicted octanol–water partition coefficient (Wildman–Crippen LogP) is 2.20. The van der Waals surface area contributed by atoms with E-state index in [2.05, 4.69) is 0 Å². The number of hydrogen-bond donors (Lipinski definition) is 1. The topological polar surface area (TPSA) is 29.3 Å². The lowest BCUT2D eigenvalue weighted by Gasteiger charge is -2.26. The van der Waals surface area contributed by atoms with Gasteiger partial charge < -0.3 is 5.73 Å². The second-order valence-electron chi connectivity index (χ2n) is 4.32. The lowest BCUT2D eigenvalue weighted by atomic mass is 10.0. The quantitative estimate of drug-likeness (QED) is 0.808. The molecule has 1 saturated heterocycles. The molecule has 0 bridgehead atoms. The Kier molecular flexibility index (Phi) is 3.40. The zero-order chi connectivity index (χ0) is 12.6. The summed E-state index contributed by atoms with van der Waals surface area (Å²) in [5.74, 6) is -3.74. The number of likely N-dealkylation sites (N-methyl/N-ethyl adjacent to an activating group) is 1. The van der Waals surface area contributed by atoms with Crippen molar-refractivity contribution >= 4 is 0 Å². The highest BCUT2D eigenvalue weighted by atomic mass is 19.2. The van der Waals surface area contributed by atoms with E-state index in [0.29, 0.717) is 5.56 Å². The van der Waals surface area contributed by atoms with E-state index in [1.807, 2.05) is 11.8 Å². The maximum atomic E-state index is 13.2. The van der Waals surface area contributed by atoms with E-state index >= 15 is 0 Å². The summed E-state index contributed by atoms with van der Waals surface area (Å²) in [5.41, 5.74) is 6.35. The molecule has 1 aromatic rings. The van der Waals surface area contributed by atoms with E-state index in [1.165, 1.54) is 0 Å². The molecule has 0 unspecified atom stereocenters. The van der Waals surface area contributed by atoms with Gasteiger partial charge in [0.15, 0.2) is 17.5 Å². The van der Waals surface area contributed by atoms with Crippen LogP contribution in [-0.4, -0.2) is 24.0 Å². The second kappa shape index (κ2) is 4.66. The second-order valence-corrected chi connectivity index (χ2v) is 4.32. The van der Waals surface area contributed by atoms with Crippen LogP contribution in [0.1, 0.15) is 24.9 Å². The Bertz CT molecular complexity index is 399. The zero-order valence-electron chi connectivity index (χ0n) is 9.59. The fourth-order valence-electron chi connectivity index (χ4n) is 2.44. The van der Waals surface area contributed by atoms with Gasteiger partial charge in [0.2, 0.25) is 0 Å². The standard InChI is InChI=1S/C12H15F3N2/c1-2-17-4-3-10(16)12(17)7-5-8(13)11(15)9(14)6-7/h5-6,10,12H,2-4,16H2,1H3/t10-,12+/m1/s1. The van der Waals surface area contributed by atoms with Gasteiger partial charge in [-0.3, -0.25) is 4.90 Å². The van der Waals surface area contributed by atoms with Crippen LogP contribution in [0.5, 0.6) is 0 Å². The van der Waals surface area contributed by atoms with Crippen LogP contribution in [0, 0.1) is 17.5 Å². The van der Waals surface area contributed by atoms with Gasteiger partial charge in [0.05, 0.1) is 6.04 Å². The largest absolute Gasteiger partial charge is 0.326 e. The van der Waals surface area contributed by atoms with Gasteiger partial charge in [-0.2, -0.15) is 0 Å². The summed E-state index contributed by atoms with van der Waals surface area (Å²) in [7, 11) is 0. The number of halogens is 3. The Morgan fingerprint density at radius 1 is 1.29 bits per heavy atom. The summed E-state index contributed by atoms with van der Waals surface area (Å²) in [6.07, 6.45) is 0.777. The molecule has 0 radical (unpaired) electrons. The van der Waals surface area contributed by atoms with Crippen molar-refractivity contribution in [2.45, 2.75) is 25.4 Å². The normalized spacial score (nSPS) is 25.5. The first-order valence-corrected chi connectivity index (χ1v) is 5.68. The lowest BCUT2D eigenvalue weighted by molar-refractivity contribution is 0.259. The van der Waals surface area contributed by atoms with Crippen molar-refractivity contribution in [3.63, 3.8) is 0 Å². The summed E-state index contributed by atoms with van der Waals surface area (Å²) in [6, 6.07) is 1.68. The van der Waals surface area contributed by atoms with Crippen LogP contribution in [0.25, 0.3) is 0 Å². The van der Waals surface area contributed by atoms with Crippen LogP contribution in [-0.2, 0) is 0 Å². The van der Waals surface area contributed by atoms with E-state index in [1.54, 1.807) is 0 Å². The lowest BCUT2D eigenvalue weighted by Crippen LogP contribution is -2.32. The van der Waals surface area contributed by atoms with Gasteiger partial charge in [-0.15, -0.1) is 0 Å². The highest BCUT2D eigenvalue weighted by Crippen LogP contribution is 2.32. The van der Waals surface area contributed by atoms with Crippen LogP contribution in [0.3, 0.4) is 0 Å². The molecule has 0 aliphatic carbocycles. The van der Waals surface area contributed by atoms with Crippen LogP contribution < -0.4 is 5.73 Å². The van der Waals surface area contributed by atoms with Gasteiger partial charge in [-0.1, -0.05) is 6.92 Å². The van der Waals surface area contributed by atoms with Gasteiger partial charge in [0, 0.05) is 12.6 Å². The van der Waals surface area contributed by atoms with Crippen molar-refractivity contribution in [3.8, 4) is 0 Å². The molecule has 1 aliphatic heterocycles. The van der Waals surface area contributed by atoms with Crippen molar-refractivity contribution in [1.29, 1.82) is 0 Å². The molecule has 2 N–H and O–H groups in total. The minimum atomic E-state index is -1.43. The first kappa shape index (κ1) is 12.4. The van der Waals surface area contributed by atoms with E-state index in [-0.39, 0.29) is 12.1 Å². The molecule has 0 saturated carbocycles. The summed E-state index contributed by atoms with van der Waals surface area (Å²) < 4.78 is 39.2. The minimum absolute atomic E-state index is 0.167. The molecule has 2 rings (SSSR count). The molecule has 0 amide bonds. The summed E-state index contributed by atoms with van der Waals surface area (Å²) in [5, 5.41) is 0. The fraction of sp³-hybridized carbons (Fsp3) is 0.500. The first-order chi connectivity index (χ1) is 8.04. The maximum Gasteiger partial charge on any atom is 0.194 e. The monoisotopic (exact) mass is 244 g/mol. The van der Waals surface area contributed by atoms with E-state index < -0.39 is 17.5 Å². The predicted molar refractivity (Wildman–Crippen MR) is 58.9 cm³/mol. The molecule has 2 atom stereocenters. The maximum absolute atomic E-state index is 13.2. The van der Waals surface area contributed by atoms with E-state index in [0.717, 1.165) is 31.6 Å². The fourth-order valence-corrected chi connectivity index (χ4v) is 2.44. The molecule has 1 aromatic carbocycles. The number of nitrogens with two attached hydrogens (primary N) is 1. The SMILES string of the molecule is CCN1CC[C@@H](N)[C@@H]1c1cc(F)c(F)c(F)c1. The van der Waals surface area contributed by atoms with Gasteiger partial charge in [0.1, 0.15) is 0 Å². The van der Waals surface area contributed by atoms with Crippen LogP contribution in [0.2, 0.25) is 0 Å². The molecule has 0 aromatic heterocycles. The highest BCUT2D eigenvalue weighted by Gasteiger charge is 2.32. The van der Waals surface area contributed by atoms with Crippen molar-refractivity contribution in [2.75, 3.05) is 13.1 Å². The molecule has 0 spiro atoms. The van der Waals surface area contributed by atoms with Crippen LogP contribution in [0.4, 0.5) is 13.2 Å². The van der Waals surface area contributed by atoms with E-state index in [4.69, 9.17) is 5.73 Å². The Morgan fingerprint density at radius 3 is 2.41 bits per heavy atom. The number of hydrogen-bond acceptors (Lipinski definition) is 2. The van der Waals surface area contributed by atoms with Gasteiger partial charge in [-0.05, 0) is 30.7 Å². The summed E-state index contributed by atoms with van der Waals surface area (Å²) in [4.78, 5) is 2.04. The average Bonchev–Trinajstić information content (AvgIpc) is 2.66. The van der Waals surface area contributed by atoms with Crippen molar-refractivity contribution in [3.05, 3.63) is 35.1 Å². The van der Waals surface area contributed by atoms with Crippen molar-refractivity contribution in [1.82, 2.24) is 4.90 Å².